The lowest BCUT2D eigenvalue weighted by atomic mass is 9.54. The first-order chi connectivity index (χ1) is 13.8. The predicted octanol–water partition coefficient (Wildman–Crippen LogP) is 1.91. The van der Waals surface area contributed by atoms with Crippen LogP contribution in [0, 0.1) is 11.3 Å². The molecule has 0 bridgehead atoms. The van der Waals surface area contributed by atoms with Gasteiger partial charge in [-0.3, -0.25) is 4.99 Å². The average molecular weight is 385 g/mol. The van der Waals surface area contributed by atoms with Crippen molar-refractivity contribution in [3.8, 4) is 0 Å². The minimum absolute atomic E-state index is 0.357. The first-order valence-corrected chi connectivity index (χ1v) is 11.0. The Balaban J connectivity index is 1.26. The maximum Gasteiger partial charge on any atom is 0.225 e. The van der Waals surface area contributed by atoms with Crippen molar-refractivity contribution in [1.82, 2.24) is 20.2 Å². The zero-order valence-electron chi connectivity index (χ0n) is 16.9. The van der Waals surface area contributed by atoms with Crippen molar-refractivity contribution < 1.29 is 4.74 Å². The molecule has 2 saturated heterocycles. The van der Waals surface area contributed by atoms with Gasteiger partial charge in [0.15, 0.2) is 5.96 Å². The quantitative estimate of drug-likeness (QED) is 0.634. The molecule has 4 fully saturated rings. The Labute approximate surface area is 167 Å². The number of nitrogens with zero attached hydrogens (tertiary/aromatic N) is 5. The second-order valence-corrected chi connectivity index (χ2v) is 8.63. The maximum absolute atomic E-state index is 6.16. The van der Waals surface area contributed by atoms with E-state index in [-0.39, 0.29) is 0 Å². The molecule has 4 aliphatic rings. The molecule has 1 spiro atoms. The van der Waals surface area contributed by atoms with E-state index in [9.17, 15) is 0 Å². The summed E-state index contributed by atoms with van der Waals surface area (Å²) in [4.78, 5) is 18.4. The molecule has 3 atom stereocenters. The van der Waals surface area contributed by atoms with Crippen LogP contribution in [0.25, 0.3) is 0 Å². The fraction of sp³-hybridized carbons (Fsp3) is 0.762. The van der Waals surface area contributed by atoms with Crippen molar-refractivity contribution in [2.45, 2.75) is 51.2 Å². The zero-order valence-corrected chi connectivity index (χ0v) is 16.9. The van der Waals surface area contributed by atoms with Gasteiger partial charge in [0.1, 0.15) is 0 Å². The highest BCUT2D eigenvalue weighted by Gasteiger charge is 2.65. The highest BCUT2D eigenvalue weighted by molar-refractivity contribution is 5.81. The zero-order chi connectivity index (χ0) is 19.0. The summed E-state index contributed by atoms with van der Waals surface area (Å²) < 4.78 is 6.16. The third kappa shape index (κ3) is 2.95. The standard InChI is InChI=1S/C21H32N6O/c1-2-22-20(27-13-11-26(12-14-27)19-23-9-5-10-24-19)25-17-16-6-15-28-18(16)21(17)7-3-4-8-21/h5,9-10,16-18H,2-4,6-8,11-15H2,1H3,(H,22,25). The van der Waals surface area contributed by atoms with E-state index in [1.807, 2.05) is 18.5 Å². The Kier molecular flexibility index (Phi) is 4.87. The molecule has 0 amide bonds. The van der Waals surface area contributed by atoms with E-state index in [1.54, 1.807) is 0 Å². The van der Waals surface area contributed by atoms with E-state index >= 15 is 0 Å². The Bertz CT molecular complexity index is 696. The van der Waals surface area contributed by atoms with Crippen molar-refractivity contribution in [2.75, 3.05) is 44.2 Å². The summed E-state index contributed by atoms with van der Waals surface area (Å²) >= 11 is 0. The summed E-state index contributed by atoms with van der Waals surface area (Å²) in [5.74, 6) is 2.59. The third-order valence-corrected chi connectivity index (χ3v) is 7.29. The van der Waals surface area contributed by atoms with Gasteiger partial charge in [0, 0.05) is 69.1 Å². The van der Waals surface area contributed by atoms with Gasteiger partial charge in [-0.15, -0.1) is 0 Å². The van der Waals surface area contributed by atoms with Gasteiger partial charge in [0.25, 0.3) is 0 Å². The normalized spacial score (nSPS) is 31.8. The molecular formula is C21H32N6O. The van der Waals surface area contributed by atoms with Crippen LogP contribution in [0.15, 0.2) is 23.5 Å². The van der Waals surface area contributed by atoms with Crippen LogP contribution in [0.3, 0.4) is 0 Å². The molecule has 3 unspecified atom stereocenters. The number of anilines is 1. The van der Waals surface area contributed by atoms with Crippen molar-refractivity contribution in [3.63, 3.8) is 0 Å². The molecule has 0 aromatic carbocycles. The largest absolute Gasteiger partial charge is 0.377 e. The summed E-state index contributed by atoms with van der Waals surface area (Å²) in [6.07, 6.45) is 10.6. The number of guanidine groups is 1. The molecule has 28 heavy (non-hydrogen) atoms. The molecule has 7 heteroatoms. The summed E-state index contributed by atoms with van der Waals surface area (Å²) in [7, 11) is 0. The molecule has 1 aromatic heterocycles. The number of piperazine rings is 1. The van der Waals surface area contributed by atoms with Gasteiger partial charge in [-0.25, -0.2) is 9.97 Å². The number of hydrogen-bond donors (Lipinski definition) is 1. The maximum atomic E-state index is 6.16. The van der Waals surface area contributed by atoms with E-state index in [4.69, 9.17) is 9.73 Å². The molecule has 1 aromatic rings. The average Bonchev–Trinajstić information content (AvgIpc) is 3.41. The molecule has 5 rings (SSSR count). The number of aliphatic imine (C=N–C) groups is 1. The fourth-order valence-electron chi connectivity index (χ4n) is 6.00. The van der Waals surface area contributed by atoms with E-state index < -0.39 is 0 Å². The van der Waals surface area contributed by atoms with Gasteiger partial charge < -0.3 is 19.9 Å². The molecule has 7 nitrogen and oxygen atoms in total. The van der Waals surface area contributed by atoms with Crippen molar-refractivity contribution in [1.29, 1.82) is 0 Å². The van der Waals surface area contributed by atoms with Gasteiger partial charge in [0.05, 0.1) is 6.10 Å². The van der Waals surface area contributed by atoms with Gasteiger partial charge in [0.2, 0.25) is 5.95 Å². The predicted molar refractivity (Wildman–Crippen MR) is 109 cm³/mol. The summed E-state index contributed by atoms with van der Waals surface area (Å²) in [5.41, 5.74) is 0.357. The number of hydrogen-bond acceptors (Lipinski definition) is 5. The van der Waals surface area contributed by atoms with Crippen LogP contribution >= 0.6 is 0 Å². The lowest BCUT2D eigenvalue weighted by Crippen LogP contribution is -2.70. The van der Waals surface area contributed by atoms with Crippen molar-refractivity contribution in [2.24, 2.45) is 16.3 Å². The number of ether oxygens (including phenoxy) is 1. The summed E-state index contributed by atoms with van der Waals surface area (Å²) in [6.45, 7) is 7.64. The second kappa shape index (κ2) is 7.50. The van der Waals surface area contributed by atoms with Gasteiger partial charge >= 0.3 is 0 Å². The van der Waals surface area contributed by atoms with E-state index in [2.05, 4.69) is 32.0 Å². The van der Waals surface area contributed by atoms with Crippen LogP contribution in [-0.2, 0) is 4.74 Å². The Morgan fingerprint density at radius 3 is 2.68 bits per heavy atom. The molecule has 2 aliphatic heterocycles. The van der Waals surface area contributed by atoms with Crippen LogP contribution in [-0.4, -0.2) is 72.3 Å². The Morgan fingerprint density at radius 2 is 1.96 bits per heavy atom. The van der Waals surface area contributed by atoms with Crippen LogP contribution in [0.5, 0.6) is 0 Å². The number of fused-ring (bicyclic) bond motifs is 2. The SMILES string of the molecule is CCN=C(NC1C2CCOC2C12CCCC2)N1CCN(c2ncccn2)CC1. The van der Waals surface area contributed by atoms with Gasteiger partial charge in [-0.05, 0) is 32.3 Å². The molecular weight excluding hydrogens is 352 g/mol. The third-order valence-electron chi connectivity index (χ3n) is 7.29. The lowest BCUT2D eigenvalue weighted by Gasteiger charge is -2.57. The van der Waals surface area contributed by atoms with E-state index in [0.29, 0.717) is 23.5 Å². The monoisotopic (exact) mass is 384 g/mol. The Morgan fingerprint density at radius 1 is 1.21 bits per heavy atom. The molecule has 1 N–H and O–H groups in total. The molecule has 0 radical (unpaired) electrons. The van der Waals surface area contributed by atoms with Crippen LogP contribution in [0.4, 0.5) is 5.95 Å². The number of rotatable bonds is 3. The molecule has 152 valence electrons. The number of aromatic nitrogens is 2. The van der Waals surface area contributed by atoms with Crippen molar-refractivity contribution in [3.05, 3.63) is 18.5 Å². The molecule has 3 heterocycles. The highest BCUT2D eigenvalue weighted by atomic mass is 16.5. The topological polar surface area (TPSA) is 65.9 Å². The lowest BCUT2D eigenvalue weighted by molar-refractivity contribution is -0.125. The molecule has 2 aliphatic carbocycles. The first-order valence-electron chi connectivity index (χ1n) is 11.0. The van der Waals surface area contributed by atoms with Gasteiger partial charge in [-0.2, -0.15) is 0 Å². The first kappa shape index (κ1) is 18.2. The minimum Gasteiger partial charge on any atom is -0.377 e. The summed E-state index contributed by atoms with van der Waals surface area (Å²) in [5, 5.41) is 3.93. The van der Waals surface area contributed by atoms with Crippen molar-refractivity contribution >= 4 is 11.9 Å². The smallest absolute Gasteiger partial charge is 0.225 e. The summed E-state index contributed by atoms with van der Waals surface area (Å²) in [6, 6.07) is 2.40. The van der Waals surface area contributed by atoms with Crippen LogP contribution in [0.2, 0.25) is 0 Å². The van der Waals surface area contributed by atoms with Crippen LogP contribution < -0.4 is 10.2 Å². The molecule has 2 saturated carbocycles. The minimum atomic E-state index is 0.357. The van der Waals surface area contributed by atoms with E-state index in [0.717, 1.165) is 51.2 Å². The highest BCUT2D eigenvalue weighted by Crippen LogP contribution is 2.60. The van der Waals surface area contributed by atoms with Gasteiger partial charge in [-0.1, -0.05) is 12.8 Å². The van der Waals surface area contributed by atoms with Crippen LogP contribution in [0.1, 0.15) is 39.0 Å². The Hall–Kier alpha value is -1.89. The second-order valence-electron chi connectivity index (χ2n) is 8.63. The number of nitrogens with one attached hydrogen (secondary N) is 1. The fourth-order valence-corrected chi connectivity index (χ4v) is 6.00. The van der Waals surface area contributed by atoms with E-state index in [1.165, 1.54) is 32.1 Å².